The average molecular weight is 237 g/mol. The van der Waals surface area contributed by atoms with Crippen LogP contribution in [-0.2, 0) is 10.2 Å². The smallest absolute Gasteiger partial charge is 0.225 e. The number of hydrogen-bond donors (Lipinski definition) is 2. The molecule has 1 saturated heterocycles. The molecule has 2 heterocycles. The van der Waals surface area contributed by atoms with E-state index in [0.717, 1.165) is 30.2 Å². The molecule has 1 unspecified atom stereocenters. The molecule has 1 fully saturated rings. The predicted octanol–water partition coefficient (Wildman–Crippen LogP) is 1.91. The zero-order chi connectivity index (χ0) is 11.2. The monoisotopic (exact) mass is 236 g/mol. The zero-order valence-electron chi connectivity index (χ0n) is 8.85. The van der Waals surface area contributed by atoms with Crippen molar-refractivity contribution in [3.63, 3.8) is 0 Å². The Morgan fingerprint density at radius 2 is 2.25 bits per heavy atom. The molecule has 1 spiro atoms. The molecule has 3 nitrogen and oxygen atoms in total. The minimum atomic E-state index is -0.0391. The van der Waals surface area contributed by atoms with E-state index in [1.807, 2.05) is 18.2 Å². The number of amides is 1. The number of carbonyl (C=O) groups excluding carboxylic acids is 1. The second-order valence-corrected chi connectivity index (χ2v) is 5.06. The van der Waals surface area contributed by atoms with E-state index < -0.39 is 0 Å². The summed E-state index contributed by atoms with van der Waals surface area (Å²) in [7, 11) is 0. The van der Waals surface area contributed by atoms with Crippen molar-refractivity contribution in [2.24, 2.45) is 0 Å². The molecule has 0 radical (unpaired) electrons. The van der Waals surface area contributed by atoms with Gasteiger partial charge in [0.1, 0.15) is 0 Å². The number of nitrogens with one attached hydrogen (secondary N) is 2. The van der Waals surface area contributed by atoms with Crippen LogP contribution in [-0.4, -0.2) is 19.0 Å². The van der Waals surface area contributed by atoms with Gasteiger partial charge in [0.2, 0.25) is 5.91 Å². The Bertz CT molecular complexity index is 452. The van der Waals surface area contributed by atoms with Crippen molar-refractivity contribution < 1.29 is 4.79 Å². The number of halogens is 1. The molecular weight excluding hydrogens is 224 g/mol. The Kier molecular flexibility index (Phi) is 2.19. The number of rotatable bonds is 0. The molecule has 0 saturated carbocycles. The van der Waals surface area contributed by atoms with Gasteiger partial charge in [0.15, 0.2) is 0 Å². The van der Waals surface area contributed by atoms with E-state index in [1.54, 1.807) is 0 Å². The van der Waals surface area contributed by atoms with Crippen molar-refractivity contribution in [2.45, 2.75) is 18.3 Å². The molecule has 1 atom stereocenters. The second kappa shape index (κ2) is 3.47. The van der Waals surface area contributed by atoms with Crippen molar-refractivity contribution >= 4 is 23.2 Å². The van der Waals surface area contributed by atoms with Crippen LogP contribution in [0, 0.1) is 0 Å². The molecule has 84 valence electrons. The highest BCUT2D eigenvalue weighted by atomic mass is 35.5. The van der Waals surface area contributed by atoms with Crippen molar-refractivity contribution in [1.29, 1.82) is 0 Å². The first-order valence-corrected chi connectivity index (χ1v) is 5.88. The zero-order valence-corrected chi connectivity index (χ0v) is 9.60. The van der Waals surface area contributed by atoms with Gasteiger partial charge in [0, 0.05) is 29.1 Å². The lowest BCUT2D eigenvalue weighted by molar-refractivity contribution is -0.117. The van der Waals surface area contributed by atoms with Gasteiger partial charge in [-0.3, -0.25) is 4.79 Å². The Hall–Kier alpha value is -1.06. The van der Waals surface area contributed by atoms with Crippen LogP contribution in [0.1, 0.15) is 18.4 Å². The van der Waals surface area contributed by atoms with Crippen molar-refractivity contribution in [2.75, 3.05) is 18.4 Å². The normalized spacial score (nSPS) is 27.9. The van der Waals surface area contributed by atoms with Crippen LogP contribution in [0.5, 0.6) is 0 Å². The summed E-state index contributed by atoms with van der Waals surface area (Å²) in [6.45, 7) is 1.84. The SMILES string of the molecule is O=C1CC2(CCNC2)c2cc(Cl)ccc2N1. The third-order valence-corrected chi connectivity index (χ3v) is 3.80. The van der Waals surface area contributed by atoms with E-state index in [2.05, 4.69) is 10.6 Å². The van der Waals surface area contributed by atoms with Gasteiger partial charge in [-0.2, -0.15) is 0 Å². The van der Waals surface area contributed by atoms with Gasteiger partial charge in [-0.25, -0.2) is 0 Å². The van der Waals surface area contributed by atoms with E-state index in [1.165, 1.54) is 5.56 Å². The largest absolute Gasteiger partial charge is 0.326 e. The lowest BCUT2D eigenvalue weighted by atomic mass is 9.74. The van der Waals surface area contributed by atoms with Crippen LogP contribution in [0.3, 0.4) is 0 Å². The molecule has 1 amide bonds. The van der Waals surface area contributed by atoms with Gasteiger partial charge in [0.25, 0.3) is 0 Å². The van der Waals surface area contributed by atoms with Gasteiger partial charge >= 0.3 is 0 Å². The Balaban J connectivity index is 2.16. The maximum Gasteiger partial charge on any atom is 0.225 e. The van der Waals surface area contributed by atoms with Gasteiger partial charge in [0.05, 0.1) is 0 Å². The molecule has 4 heteroatoms. The molecule has 16 heavy (non-hydrogen) atoms. The summed E-state index contributed by atoms with van der Waals surface area (Å²) >= 11 is 6.04. The van der Waals surface area contributed by atoms with Crippen LogP contribution >= 0.6 is 11.6 Å². The minimum Gasteiger partial charge on any atom is -0.326 e. The molecular formula is C12H13ClN2O. The molecule has 2 aliphatic rings. The fourth-order valence-corrected chi connectivity index (χ4v) is 2.96. The third-order valence-electron chi connectivity index (χ3n) is 3.57. The number of carbonyl (C=O) groups is 1. The average Bonchev–Trinajstić information content (AvgIpc) is 2.69. The summed E-state index contributed by atoms with van der Waals surface area (Å²) in [4.78, 5) is 11.7. The number of fused-ring (bicyclic) bond motifs is 2. The maximum atomic E-state index is 11.7. The highest BCUT2D eigenvalue weighted by Gasteiger charge is 2.42. The molecule has 1 aromatic carbocycles. The molecule has 3 rings (SSSR count). The summed E-state index contributed by atoms with van der Waals surface area (Å²) in [5.74, 6) is 0.110. The molecule has 2 N–H and O–H groups in total. The van der Waals surface area contributed by atoms with Crippen LogP contribution in [0.15, 0.2) is 18.2 Å². The summed E-state index contributed by atoms with van der Waals surface area (Å²) in [6.07, 6.45) is 1.57. The second-order valence-electron chi connectivity index (χ2n) is 4.62. The van der Waals surface area contributed by atoms with Crippen LogP contribution in [0.2, 0.25) is 5.02 Å². The van der Waals surface area contributed by atoms with Crippen molar-refractivity contribution in [3.8, 4) is 0 Å². The summed E-state index contributed by atoms with van der Waals surface area (Å²) in [5.41, 5.74) is 2.07. The quantitative estimate of drug-likeness (QED) is 0.723. The highest BCUT2D eigenvalue weighted by Crippen LogP contribution is 2.42. The summed E-state index contributed by atoms with van der Waals surface area (Å²) < 4.78 is 0. The predicted molar refractivity (Wildman–Crippen MR) is 63.9 cm³/mol. The van der Waals surface area contributed by atoms with E-state index in [0.29, 0.717) is 6.42 Å². The maximum absolute atomic E-state index is 11.7. The molecule has 0 bridgehead atoms. The first-order valence-electron chi connectivity index (χ1n) is 5.50. The fraction of sp³-hybridized carbons (Fsp3) is 0.417. The van der Waals surface area contributed by atoms with E-state index in [-0.39, 0.29) is 11.3 Å². The van der Waals surface area contributed by atoms with E-state index in [4.69, 9.17) is 11.6 Å². The van der Waals surface area contributed by atoms with Gasteiger partial charge in [-0.05, 0) is 36.7 Å². The number of hydrogen-bond acceptors (Lipinski definition) is 2. The number of anilines is 1. The first-order chi connectivity index (χ1) is 7.70. The summed E-state index contributed by atoms with van der Waals surface area (Å²) in [6, 6.07) is 5.71. The Labute approximate surface area is 99.2 Å². The van der Waals surface area contributed by atoms with Gasteiger partial charge < -0.3 is 10.6 Å². The van der Waals surface area contributed by atoms with Crippen LogP contribution < -0.4 is 10.6 Å². The van der Waals surface area contributed by atoms with Crippen molar-refractivity contribution in [3.05, 3.63) is 28.8 Å². The van der Waals surface area contributed by atoms with Crippen LogP contribution in [0.25, 0.3) is 0 Å². The number of benzene rings is 1. The topological polar surface area (TPSA) is 41.1 Å². The van der Waals surface area contributed by atoms with Crippen LogP contribution in [0.4, 0.5) is 5.69 Å². The minimum absolute atomic E-state index is 0.0391. The van der Waals surface area contributed by atoms with E-state index in [9.17, 15) is 4.79 Å². The third kappa shape index (κ3) is 1.43. The standard InChI is InChI=1S/C12H13ClN2O/c13-8-1-2-10-9(5-8)12(3-4-14-7-12)6-11(16)15-10/h1-2,5,14H,3-4,6-7H2,(H,15,16). The molecule has 1 aromatic rings. The Morgan fingerprint density at radius 3 is 3.00 bits per heavy atom. The summed E-state index contributed by atoms with van der Waals surface area (Å²) in [5, 5.41) is 6.99. The van der Waals surface area contributed by atoms with E-state index >= 15 is 0 Å². The lowest BCUT2D eigenvalue weighted by Gasteiger charge is -2.34. The molecule has 0 aliphatic carbocycles. The highest BCUT2D eigenvalue weighted by molar-refractivity contribution is 6.30. The van der Waals surface area contributed by atoms with Gasteiger partial charge in [-0.15, -0.1) is 0 Å². The molecule has 2 aliphatic heterocycles. The van der Waals surface area contributed by atoms with Gasteiger partial charge in [-0.1, -0.05) is 11.6 Å². The first kappa shape index (κ1) is 10.1. The fourth-order valence-electron chi connectivity index (χ4n) is 2.79. The molecule has 0 aromatic heterocycles. The lowest BCUT2D eigenvalue weighted by Crippen LogP contribution is -2.38. The van der Waals surface area contributed by atoms with Crippen molar-refractivity contribution in [1.82, 2.24) is 5.32 Å². The Morgan fingerprint density at radius 1 is 1.38 bits per heavy atom.